The lowest BCUT2D eigenvalue weighted by Gasteiger charge is -2.14. The van der Waals surface area contributed by atoms with Gasteiger partial charge in [0.1, 0.15) is 11.6 Å². The van der Waals surface area contributed by atoms with Crippen molar-refractivity contribution in [3.8, 4) is 11.1 Å². The topological polar surface area (TPSA) is 122 Å². The molecule has 12 heteroatoms. The van der Waals surface area contributed by atoms with Crippen molar-refractivity contribution in [2.24, 2.45) is 0 Å². The Morgan fingerprint density at radius 1 is 1.06 bits per heavy atom. The number of ketones is 1. The molecule has 2 N–H and O–H groups in total. The van der Waals surface area contributed by atoms with E-state index in [1.54, 1.807) is 18.2 Å². The molecule has 4 rings (SSSR count). The number of Topliss-reactive ketones (excluding diaryl/α,β-unsaturated/α-hetero) is 1. The zero-order valence-electron chi connectivity index (χ0n) is 18.0. The molecule has 0 fully saturated rings. The van der Waals surface area contributed by atoms with Crippen LogP contribution in [0.15, 0.2) is 53.6 Å². The van der Waals surface area contributed by atoms with Crippen LogP contribution in [0.5, 0.6) is 0 Å². The number of sulfone groups is 1. The van der Waals surface area contributed by atoms with Crippen LogP contribution in [-0.2, 0) is 19.9 Å². The lowest BCUT2D eigenvalue weighted by atomic mass is 9.91. The Morgan fingerprint density at radius 3 is 2.47 bits per heavy atom. The number of carbonyl (C=O) groups is 1. The molecule has 0 saturated heterocycles. The molecule has 0 saturated carbocycles. The van der Waals surface area contributed by atoms with E-state index in [1.165, 1.54) is 18.3 Å². The first-order valence-corrected chi connectivity index (χ1v) is 13.7. The van der Waals surface area contributed by atoms with Gasteiger partial charge in [-0.25, -0.2) is 30.6 Å². The largest absolute Gasteiger partial charge is 0.369 e. The van der Waals surface area contributed by atoms with E-state index >= 15 is 0 Å². The molecule has 34 heavy (non-hydrogen) atoms. The predicted molar refractivity (Wildman–Crippen MR) is 123 cm³/mol. The fourth-order valence-electron chi connectivity index (χ4n) is 3.73. The van der Waals surface area contributed by atoms with Crippen molar-refractivity contribution < 1.29 is 30.4 Å². The number of hydrogen-bond donors (Lipinski definition) is 2. The third-order valence-electron chi connectivity index (χ3n) is 5.31. The summed E-state index contributed by atoms with van der Waals surface area (Å²) in [5, 5.41) is 2.92. The molecular formula is C22H19F2N3O5S2. The molecule has 3 aromatic rings. The minimum absolute atomic E-state index is 0.0244. The molecule has 1 atom stereocenters. The second kappa shape index (κ2) is 8.44. The highest BCUT2D eigenvalue weighted by molar-refractivity contribution is 7.92. The highest BCUT2D eigenvalue weighted by Crippen LogP contribution is 2.37. The second-order valence-electron chi connectivity index (χ2n) is 7.92. The molecule has 1 aliphatic rings. The zero-order valence-corrected chi connectivity index (χ0v) is 19.6. The van der Waals surface area contributed by atoms with Crippen LogP contribution >= 0.6 is 0 Å². The first-order valence-electron chi connectivity index (χ1n) is 9.89. The third kappa shape index (κ3) is 4.64. The van der Waals surface area contributed by atoms with Gasteiger partial charge in [-0.2, -0.15) is 0 Å². The second-order valence-corrected chi connectivity index (χ2v) is 11.7. The molecule has 2 heterocycles. The van der Waals surface area contributed by atoms with E-state index < -0.39 is 54.4 Å². The highest BCUT2D eigenvalue weighted by atomic mass is 32.2. The van der Waals surface area contributed by atoms with Gasteiger partial charge in [-0.15, -0.1) is 0 Å². The summed E-state index contributed by atoms with van der Waals surface area (Å²) in [6.07, 6.45) is 3.39. The number of anilines is 2. The Hall–Kier alpha value is -3.38. The Bertz CT molecular complexity index is 1540. The molecule has 1 aliphatic heterocycles. The van der Waals surface area contributed by atoms with Gasteiger partial charge in [0.25, 0.3) is 0 Å². The van der Waals surface area contributed by atoms with Gasteiger partial charge in [0.05, 0.1) is 28.3 Å². The smallest absolute Gasteiger partial charge is 0.229 e. The fourth-order valence-corrected chi connectivity index (χ4v) is 4.96. The molecule has 8 nitrogen and oxygen atoms in total. The number of nitrogens with zero attached hydrogens (tertiary/aromatic N) is 1. The molecule has 0 radical (unpaired) electrons. The molecule has 0 bridgehead atoms. The Balaban J connectivity index is 1.75. The van der Waals surface area contributed by atoms with E-state index in [2.05, 4.69) is 10.3 Å². The molecule has 2 aromatic carbocycles. The Kier molecular flexibility index (Phi) is 5.90. The normalized spacial score (nSPS) is 15.5. The van der Waals surface area contributed by atoms with Gasteiger partial charge >= 0.3 is 0 Å². The van der Waals surface area contributed by atoms with Gasteiger partial charge in [0.2, 0.25) is 10.0 Å². The SMILES string of the molecule is CS(=O)(=O)Nc1ccc(F)c(C(=O)C2CNc3ncc(-c4cccc(S(C)(=O)=O)c4)cc32)c1F. The third-order valence-corrected chi connectivity index (χ3v) is 7.01. The van der Waals surface area contributed by atoms with Gasteiger partial charge < -0.3 is 5.32 Å². The molecule has 0 aliphatic carbocycles. The van der Waals surface area contributed by atoms with E-state index in [0.29, 0.717) is 22.5 Å². The Labute approximate surface area is 195 Å². The van der Waals surface area contributed by atoms with Crippen molar-refractivity contribution in [1.29, 1.82) is 0 Å². The van der Waals surface area contributed by atoms with Gasteiger partial charge in [0.15, 0.2) is 21.4 Å². The summed E-state index contributed by atoms with van der Waals surface area (Å²) in [6, 6.07) is 9.51. The maximum atomic E-state index is 15.0. The number of hydrogen-bond acceptors (Lipinski definition) is 7. The van der Waals surface area contributed by atoms with Crippen LogP contribution in [0.1, 0.15) is 21.8 Å². The summed E-state index contributed by atoms with van der Waals surface area (Å²) < 4.78 is 78.2. The molecule has 1 aromatic heterocycles. The van der Waals surface area contributed by atoms with Crippen LogP contribution in [0.3, 0.4) is 0 Å². The molecule has 0 amide bonds. The van der Waals surface area contributed by atoms with E-state index in [9.17, 15) is 30.4 Å². The van der Waals surface area contributed by atoms with E-state index in [0.717, 1.165) is 24.6 Å². The monoisotopic (exact) mass is 507 g/mol. The van der Waals surface area contributed by atoms with Gasteiger partial charge in [-0.3, -0.25) is 9.52 Å². The molecular weight excluding hydrogens is 488 g/mol. The first kappa shape index (κ1) is 23.8. The van der Waals surface area contributed by atoms with Crippen molar-refractivity contribution in [2.45, 2.75) is 10.8 Å². The summed E-state index contributed by atoms with van der Waals surface area (Å²) in [5.41, 5.74) is 0.0282. The van der Waals surface area contributed by atoms with Crippen molar-refractivity contribution in [3.63, 3.8) is 0 Å². The Morgan fingerprint density at radius 2 is 1.79 bits per heavy atom. The minimum Gasteiger partial charge on any atom is -0.369 e. The number of nitrogens with one attached hydrogen (secondary N) is 2. The summed E-state index contributed by atoms with van der Waals surface area (Å²) >= 11 is 0. The number of sulfonamides is 1. The number of fused-ring (bicyclic) bond motifs is 1. The molecule has 1 unspecified atom stereocenters. The number of pyridine rings is 1. The lowest BCUT2D eigenvalue weighted by molar-refractivity contribution is 0.0958. The average Bonchev–Trinajstić information content (AvgIpc) is 3.18. The summed E-state index contributed by atoms with van der Waals surface area (Å²) in [4.78, 5) is 17.6. The lowest BCUT2D eigenvalue weighted by Crippen LogP contribution is -2.20. The number of benzene rings is 2. The first-order chi connectivity index (χ1) is 15.8. The number of aromatic nitrogens is 1. The quantitative estimate of drug-likeness (QED) is 0.492. The predicted octanol–water partition coefficient (Wildman–Crippen LogP) is 3.19. The molecule has 0 spiro atoms. The summed E-state index contributed by atoms with van der Waals surface area (Å²) in [7, 11) is -7.31. The fraction of sp³-hybridized carbons (Fsp3) is 0.182. The van der Waals surface area contributed by atoms with E-state index in [4.69, 9.17) is 0 Å². The summed E-state index contributed by atoms with van der Waals surface area (Å²) in [6.45, 7) is 0.0244. The highest BCUT2D eigenvalue weighted by Gasteiger charge is 2.34. The van der Waals surface area contributed by atoms with Gasteiger partial charge in [-0.05, 0) is 35.9 Å². The minimum atomic E-state index is -3.86. The van der Waals surface area contributed by atoms with Crippen molar-refractivity contribution in [1.82, 2.24) is 4.98 Å². The molecule has 178 valence electrons. The number of carbonyl (C=O) groups excluding carboxylic acids is 1. The average molecular weight is 508 g/mol. The van der Waals surface area contributed by atoms with Crippen LogP contribution < -0.4 is 10.0 Å². The van der Waals surface area contributed by atoms with Gasteiger partial charge in [-0.1, -0.05) is 12.1 Å². The van der Waals surface area contributed by atoms with Crippen LogP contribution in [0.25, 0.3) is 11.1 Å². The zero-order chi connectivity index (χ0) is 24.8. The summed E-state index contributed by atoms with van der Waals surface area (Å²) in [5.74, 6) is -3.97. The van der Waals surface area contributed by atoms with E-state index in [1.807, 2.05) is 4.72 Å². The maximum Gasteiger partial charge on any atom is 0.229 e. The van der Waals surface area contributed by atoms with Crippen LogP contribution in [0.2, 0.25) is 0 Å². The van der Waals surface area contributed by atoms with Crippen LogP contribution in [0, 0.1) is 11.6 Å². The standard InChI is InChI=1S/C22H19F2N3O5S2/c1-33(29,30)14-5-3-4-12(8-14)13-9-15-16(11-26-22(15)25-10-13)21(28)19-17(23)6-7-18(20(19)24)27-34(2,31)32/h3-10,16,27H,11H2,1-2H3,(H,25,26). The van der Waals surface area contributed by atoms with Crippen molar-refractivity contribution >= 4 is 37.1 Å². The van der Waals surface area contributed by atoms with Crippen LogP contribution in [0.4, 0.5) is 20.3 Å². The number of halogens is 2. The van der Waals surface area contributed by atoms with E-state index in [-0.39, 0.29) is 11.4 Å². The van der Waals surface area contributed by atoms with Gasteiger partial charge in [0, 0.05) is 30.1 Å². The van der Waals surface area contributed by atoms with Crippen LogP contribution in [-0.4, -0.2) is 46.7 Å². The number of rotatable bonds is 6. The maximum absolute atomic E-state index is 15.0. The van der Waals surface area contributed by atoms with Crippen molar-refractivity contribution in [3.05, 3.63) is 71.4 Å². The van der Waals surface area contributed by atoms with Crippen molar-refractivity contribution in [2.75, 3.05) is 29.1 Å².